The fraction of sp³-hybridized carbons (Fsp3) is 0.429. The SMILES string of the molecule is CC/C(OS(=O)(=O)C(F)(F)F)=C(/CC)[I+]c1ccccc1.O=S(=O)([O-])C(F)(F)F. The second kappa shape index (κ2) is 10.8. The van der Waals surface area contributed by atoms with Crippen LogP contribution in [0.2, 0.25) is 0 Å². The van der Waals surface area contributed by atoms with E-state index in [0.717, 1.165) is 3.57 Å². The van der Waals surface area contributed by atoms with Crippen molar-refractivity contribution >= 4 is 20.2 Å². The molecule has 6 nitrogen and oxygen atoms in total. The van der Waals surface area contributed by atoms with E-state index < -0.39 is 52.5 Å². The van der Waals surface area contributed by atoms with Gasteiger partial charge in [-0.25, -0.2) is 8.42 Å². The van der Waals surface area contributed by atoms with E-state index >= 15 is 0 Å². The quantitative estimate of drug-likeness (QED) is 0.123. The van der Waals surface area contributed by atoms with Crippen LogP contribution >= 0.6 is 0 Å². The van der Waals surface area contributed by atoms with Crippen LogP contribution in [0.25, 0.3) is 0 Å². The number of hydrogen-bond acceptors (Lipinski definition) is 6. The van der Waals surface area contributed by atoms with Gasteiger partial charge in [-0.05, 0) is 12.1 Å². The van der Waals surface area contributed by atoms with Crippen LogP contribution in [-0.4, -0.2) is 32.4 Å². The van der Waals surface area contributed by atoms with E-state index in [1.165, 1.54) is 0 Å². The zero-order valence-corrected chi connectivity index (χ0v) is 18.5. The van der Waals surface area contributed by atoms with Crippen LogP contribution < -0.4 is 21.2 Å². The molecule has 0 saturated carbocycles. The van der Waals surface area contributed by atoms with Crippen LogP contribution in [0, 0.1) is 3.57 Å². The van der Waals surface area contributed by atoms with Gasteiger partial charge in [-0.3, -0.25) is 0 Å². The van der Waals surface area contributed by atoms with Crippen molar-refractivity contribution in [2.45, 2.75) is 37.7 Å². The summed E-state index contributed by atoms with van der Waals surface area (Å²) in [5.41, 5.74) is -11.1. The summed E-state index contributed by atoms with van der Waals surface area (Å²) in [6.45, 7) is 3.35. The molecule has 0 aliphatic rings. The molecule has 168 valence electrons. The molecule has 0 unspecified atom stereocenters. The van der Waals surface area contributed by atoms with Crippen molar-refractivity contribution in [2.24, 2.45) is 0 Å². The van der Waals surface area contributed by atoms with Crippen molar-refractivity contribution in [2.75, 3.05) is 0 Å². The summed E-state index contributed by atoms with van der Waals surface area (Å²) in [7, 11) is -11.7. The summed E-state index contributed by atoms with van der Waals surface area (Å²) in [6, 6.07) is 9.25. The van der Waals surface area contributed by atoms with E-state index in [4.69, 9.17) is 13.0 Å². The van der Waals surface area contributed by atoms with Crippen molar-refractivity contribution in [3.8, 4) is 0 Å². The van der Waals surface area contributed by atoms with E-state index in [1.54, 1.807) is 13.8 Å². The normalized spacial score (nSPS) is 13.8. The monoisotopic (exact) mass is 584 g/mol. The number of hydrogen-bond donors (Lipinski definition) is 0. The highest BCUT2D eigenvalue weighted by Crippen LogP contribution is 2.27. The number of rotatable bonds is 6. The molecule has 0 heterocycles. The molecular weight excluding hydrogens is 569 g/mol. The van der Waals surface area contributed by atoms with Crippen molar-refractivity contribution in [1.29, 1.82) is 0 Å². The Labute approximate surface area is 174 Å². The maximum Gasteiger partial charge on any atom is 0.534 e. The van der Waals surface area contributed by atoms with Gasteiger partial charge in [-0.15, -0.1) is 0 Å². The molecule has 0 N–H and O–H groups in total. The van der Waals surface area contributed by atoms with Gasteiger partial charge >= 0.3 is 42.3 Å². The molecule has 0 bridgehead atoms. The summed E-state index contributed by atoms with van der Waals surface area (Å²) in [6.07, 6.45) is 0.559. The Morgan fingerprint density at radius 3 is 1.69 bits per heavy atom. The lowest BCUT2D eigenvalue weighted by molar-refractivity contribution is -0.580. The third-order valence-electron chi connectivity index (χ3n) is 2.67. The van der Waals surface area contributed by atoms with Gasteiger partial charge in [0.2, 0.25) is 3.58 Å². The molecule has 0 spiro atoms. The minimum atomic E-state index is -6.09. The lowest BCUT2D eigenvalue weighted by Crippen LogP contribution is -3.61. The van der Waals surface area contributed by atoms with E-state index in [0.29, 0.717) is 10.0 Å². The van der Waals surface area contributed by atoms with E-state index in [2.05, 4.69) is 4.18 Å². The van der Waals surface area contributed by atoms with Crippen molar-refractivity contribution in [3.05, 3.63) is 43.2 Å². The number of alkyl halides is 6. The van der Waals surface area contributed by atoms with Gasteiger partial charge in [0.15, 0.2) is 19.4 Å². The zero-order valence-electron chi connectivity index (χ0n) is 14.7. The maximum absolute atomic E-state index is 12.4. The molecule has 0 aliphatic heterocycles. The van der Waals surface area contributed by atoms with Gasteiger partial charge < -0.3 is 8.74 Å². The second-order valence-corrected chi connectivity index (χ2v) is 10.8. The average Bonchev–Trinajstić information content (AvgIpc) is 2.56. The highest BCUT2D eigenvalue weighted by atomic mass is 127. The minimum absolute atomic E-state index is 0.0912. The Bertz CT molecular complexity index is 893. The topological polar surface area (TPSA) is 101 Å². The summed E-state index contributed by atoms with van der Waals surface area (Å²) in [4.78, 5) is 0. The Morgan fingerprint density at radius 2 is 1.38 bits per heavy atom. The fourth-order valence-corrected chi connectivity index (χ4v) is 4.83. The minimum Gasteiger partial charge on any atom is -0.741 e. The number of halogens is 7. The van der Waals surface area contributed by atoms with Gasteiger partial charge in [0.1, 0.15) is 0 Å². The van der Waals surface area contributed by atoms with Crippen LogP contribution in [-0.2, 0) is 24.4 Å². The highest BCUT2D eigenvalue weighted by Gasteiger charge is 2.49. The van der Waals surface area contributed by atoms with Crippen LogP contribution in [0.3, 0.4) is 0 Å². The lowest BCUT2D eigenvalue weighted by atomic mass is 10.3. The molecule has 0 fully saturated rings. The molecular formula is C14H15F6IO6S2. The zero-order chi connectivity index (χ0) is 23.1. The third kappa shape index (κ3) is 9.52. The van der Waals surface area contributed by atoms with E-state index in [1.807, 2.05) is 30.3 Å². The Balaban J connectivity index is 0.000000828. The lowest BCUT2D eigenvalue weighted by Gasteiger charge is -2.11. The summed E-state index contributed by atoms with van der Waals surface area (Å²) < 4.78 is 124. The summed E-state index contributed by atoms with van der Waals surface area (Å²) >= 11 is -0.754. The van der Waals surface area contributed by atoms with Crippen molar-refractivity contribution in [1.82, 2.24) is 0 Å². The largest absolute Gasteiger partial charge is 0.741 e. The molecule has 1 rings (SSSR count). The first-order chi connectivity index (χ1) is 13.0. The van der Waals surface area contributed by atoms with Crippen LogP contribution in [0.1, 0.15) is 26.7 Å². The first kappa shape index (κ1) is 27.9. The average molecular weight is 584 g/mol. The molecule has 0 radical (unpaired) electrons. The molecule has 15 heteroatoms. The molecule has 0 aliphatic carbocycles. The maximum atomic E-state index is 12.4. The molecule has 29 heavy (non-hydrogen) atoms. The van der Waals surface area contributed by atoms with Crippen molar-refractivity contribution < 1.29 is 73.1 Å². The molecule has 0 saturated heterocycles. The third-order valence-corrected chi connectivity index (χ3v) is 7.58. The van der Waals surface area contributed by atoms with Crippen LogP contribution in [0.4, 0.5) is 26.3 Å². The second-order valence-electron chi connectivity index (χ2n) is 4.81. The first-order valence-corrected chi connectivity index (χ1v) is 12.4. The predicted molar refractivity (Wildman–Crippen MR) is 84.6 cm³/mol. The molecule has 1 aromatic carbocycles. The van der Waals surface area contributed by atoms with E-state index in [-0.39, 0.29) is 12.2 Å². The predicted octanol–water partition coefficient (Wildman–Crippen LogP) is 0.894. The Morgan fingerprint density at radius 1 is 0.931 bits per heavy atom. The number of benzene rings is 1. The summed E-state index contributed by atoms with van der Waals surface area (Å²) in [5.74, 6) is -0.0912. The fourth-order valence-electron chi connectivity index (χ4n) is 1.40. The van der Waals surface area contributed by atoms with Gasteiger partial charge in [-0.1, -0.05) is 32.0 Å². The van der Waals surface area contributed by atoms with Gasteiger partial charge in [0, 0.05) is 12.8 Å². The smallest absolute Gasteiger partial charge is 0.534 e. The van der Waals surface area contributed by atoms with Gasteiger partial charge in [0.25, 0.3) is 0 Å². The highest BCUT2D eigenvalue weighted by molar-refractivity contribution is 7.87. The molecule has 0 atom stereocenters. The van der Waals surface area contributed by atoms with Gasteiger partial charge in [0.05, 0.1) is 0 Å². The molecule has 0 amide bonds. The standard InChI is InChI=1S/C13H15F3IO3S.CHF3O3S/c1-3-11(17-10-8-6-5-7-9-10)12(4-2)20-21(18,19)13(14,15)16;2-1(3,4)8(5,6)7/h5-9H,3-4H2,1-2H3;(H,5,6,7)/q+1;/p-1/b12-11+;. The molecule has 1 aromatic rings. The van der Waals surface area contributed by atoms with Crippen molar-refractivity contribution in [3.63, 3.8) is 0 Å². The Kier molecular flexibility index (Phi) is 10.4. The summed E-state index contributed by atoms with van der Waals surface area (Å²) in [5, 5.41) is 0. The van der Waals surface area contributed by atoms with Crippen LogP contribution in [0.15, 0.2) is 39.7 Å². The number of allylic oxidation sites excluding steroid dienone is 2. The van der Waals surface area contributed by atoms with Crippen LogP contribution in [0.5, 0.6) is 0 Å². The first-order valence-electron chi connectivity index (χ1n) is 7.41. The van der Waals surface area contributed by atoms with E-state index in [9.17, 15) is 34.8 Å². The molecule has 0 aromatic heterocycles. The Hall–Kier alpha value is -1.07. The van der Waals surface area contributed by atoms with Gasteiger partial charge in [-0.2, -0.15) is 34.8 Å².